The van der Waals surface area contributed by atoms with Gasteiger partial charge in [0.25, 0.3) is 17.5 Å². The van der Waals surface area contributed by atoms with Gasteiger partial charge in [0.1, 0.15) is 0 Å². The number of nitro groups is 1. The van der Waals surface area contributed by atoms with E-state index in [0.717, 1.165) is 30.2 Å². The molecule has 2 aromatic rings. The van der Waals surface area contributed by atoms with Gasteiger partial charge >= 0.3 is 0 Å². The third-order valence-corrected chi connectivity index (χ3v) is 7.37. The highest BCUT2D eigenvalue weighted by atomic mass is 16.6. The average Bonchev–Trinajstić information content (AvgIpc) is 3.52. The van der Waals surface area contributed by atoms with Crippen molar-refractivity contribution < 1.29 is 24.1 Å². The smallest absolute Gasteiger partial charge is 0.270 e. The van der Waals surface area contributed by atoms with Crippen LogP contribution in [0.2, 0.25) is 0 Å². The molecule has 160 valence electrons. The number of amides is 4. The summed E-state index contributed by atoms with van der Waals surface area (Å²) in [5.74, 6) is -1.43. The maximum absolute atomic E-state index is 13.0. The Labute approximate surface area is 181 Å². The molecule has 0 aromatic heterocycles. The van der Waals surface area contributed by atoms with Crippen LogP contribution in [-0.2, 0) is 9.59 Å². The predicted octanol–water partition coefficient (Wildman–Crippen LogP) is 2.93. The summed E-state index contributed by atoms with van der Waals surface area (Å²) in [6, 6.07) is 9.68. The Morgan fingerprint density at radius 3 is 1.84 bits per heavy atom. The molecule has 2 bridgehead atoms. The van der Waals surface area contributed by atoms with Gasteiger partial charge in [0.05, 0.1) is 39.3 Å². The van der Waals surface area contributed by atoms with E-state index in [2.05, 4.69) is 0 Å². The topological polar surface area (TPSA) is 118 Å². The zero-order chi connectivity index (χ0) is 22.3. The Morgan fingerprint density at radius 1 is 0.750 bits per heavy atom. The van der Waals surface area contributed by atoms with E-state index < -0.39 is 16.7 Å². The van der Waals surface area contributed by atoms with E-state index >= 15 is 0 Å². The van der Waals surface area contributed by atoms with Crippen LogP contribution < -0.4 is 9.80 Å². The van der Waals surface area contributed by atoms with Gasteiger partial charge in [0.15, 0.2) is 0 Å². The fourth-order valence-corrected chi connectivity index (χ4v) is 5.99. The predicted molar refractivity (Wildman–Crippen MR) is 111 cm³/mol. The number of non-ortho nitro benzene ring substituents is 1. The third kappa shape index (κ3) is 2.33. The molecule has 0 unspecified atom stereocenters. The summed E-state index contributed by atoms with van der Waals surface area (Å²) in [5.41, 5.74) is 0.485. The highest BCUT2D eigenvalue weighted by Crippen LogP contribution is 2.56. The van der Waals surface area contributed by atoms with Gasteiger partial charge in [-0.25, -0.2) is 4.90 Å². The lowest BCUT2D eigenvalue weighted by Gasteiger charge is -2.19. The van der Waals surface area contributed by atoms with Crippen LogP contribution in [0.3, 0.4) is 0 Å². The molecule has 0 spiro atoms. The summed E-state index contributed by atoms with van der Waals surface area (Å²) in [5, 5.41) is 11.0. The monoisotopic (exact) mass is 431 g/mol. The Bertz CT molecular complexity index is 1220. The Balaban J connectivity index is 1.29. The van der Waals surface area contributed by atoms with Gasteiger partial charge < -0.3 is 0 Å². The molecular weight excluding hydrogens is 414 g/mol. The molecule has 2 aliphatic heterocycles. The van der Waals surface area contributed by atoms with Crippen molar-refractivity contribution in [2.75, 3.05) is 9.80 Å². The fraction of sp³-hybridized carbons (Fsp3) is 0.304. The van der Waals surface area contributed by atoms with E-state index in [4.69, 9.17) is 0 Å². The second kappa shape index (κ2) is 6.32. The van der Waals surface area contributed by atoms with Gasteiger partial charge in [-0.15, -0.1) is 0 Å². The average molecular weight is 431 g/mol. The molecule has 2 saturated carbocycles. The Hall–Kier alpha value is -3.88. The first-order chi connectivity index (χ1) is 15.4. The van der Waals surface area contributed by atoms with E-state index in [0.29, 0.717) is 5.69 Å². The number of benzene rings is 2. The second-order valence-corrected chi connectivity index (χ2v) is 8.85. The molecule has 4 amide bonds. The lowest BCUT2D eigenvalue weighted by Crippen LogP contribution is -2.33. The SMILES string of the molecule is O=C1c2ccc([N+](=O)[O-])cc2C(=O)N1c1ccc(N2C(=O)[C@@H]3[C@H]4CC[C@@H](C4)[C@H]3C2=O)cc1. The standard InChI is InChI=1S/C23H17N3O6/c27-20-16-8-7-15(26(31)32)10-17(16)21(28)24(20)13-3-5-14(6-4-13)25-22(29)18-11-1-2-12(9-11)19(18)23(25)30/h3-8,10-12,18-19H,1-2,9H2/t11-,12-,18+,19+/m0/s1. The first-order valence-electron chi connectivity index (χ1n) is 10.5. The van der Waals surface area contributed by atoms with Crippen molar-refractivity contribution in [1.82, 2.24) is 0 Å². The number of carbonyl (C=O) groups is 4. The van der Waals surface area contributed by atoms with Crippen LogP contribution >= 0.6 is 0 Å². The van der Waals surface area contributed by atoms with Crippen molar-refractivity contribution in [2.45, 2.75) is 19.3 Å². The number of hydrogen-bond acceptors (Lipinski definition) is 6. The number of carbonyl (C=O) groups excluding carboxylic acids is 4. The van der Waals surface area contributed by atoms with Crippen molar-refractivity contribution in [2.24, 2.45) is 23.7 Å². The number of nitro benzene ring substituents is 1. The lowest BCUT2D eigenvalue weighted by molar-refractivity contribution is -0.384. The molecule has 32 heavy (non-hydrogen) atoms. The first-order valence-corrected chi connectivity index (χ1v) is 10.5. The van der Waals surface area contributed by atoms with E-state index in [1.54, 1.807) is 12.1 Å². The molecule has 2 aliphatic carbocycles. The highest BCUT2D eigenvalue weighted by Gasteiger charge is 2.61. The van der Waals surface area contributed by atoms with E-state index in [9.17, 15) is 29.3 Å². The van der Waals surface area contributed by atoms with Crippen molar-refractivity contribution in [3.63, 3.8) is 0 Å². The van der Waals surface area contributed by atoms with Crippen LogP contribution in [0.4, 0.5) is 17.1 Å². The van der Waals surface area contributed by atoms with Crippen LogP contribution in [0.1, 0.15) is 40.0 Å². The zero-order valence-electron chi connectivity index (χ0n) is 16.8. The summed E-state index contributed by atoms with van der Waals surface area (Å²) in [6.45, 7) is 0. The molecule has 4 aliphatic rings. The molecule has 9 heteroatoms. The van der Waals surface area contributed by atoms with Crippen LogP contribution in [-0.4, -0.2) is 28.6 Å². The molecular formula is C23H17N3O6. The fourth-order valence-electron chi connectivity index (χ4n) is 5.99. The third-order valence-electron chi connectivity index (χ3n) is 7.37. The quantitative estimate of drug-likeness (QED) is 0.419. The van der Waals surface area contributed by atoms with Gasteiger partial charge in [-0.05, 0) is 61.4 Å². The summed E-state index contributed by atoms with van der Waals surface area (Å²) >= 11 is 0. The van der Waals surface area contributed by atoms with Crippen molar-refractivity contribution in [3.8, 4) is 0 Å². The minimum Gasteiger partial charge on any atom is -0.274 e. The number of fused-ring (bicyclic) bond motifs is 6. The number of nitrogens with zero attached hydrogens (tertiary/aromatic N) is 3. The molecule has 3 fully saturated rings. The minimum absolute atomic E-state index is 0.0264. The van der Waals surface area contributed by atoms with Gasteiger partial charge in [0, 0.05) is 12.1 Å². The number of hydrogen-bond donors (Lipinski definition) is 0. The molecule has 9 nitrogen and oxygen atoms in total. The summed E-state index contributed by atoms with van der Waals surface area (Å²) in [6.07, 6.45) is 2.95. The summed E-state index contributed by atoms with van der Waals surface area (Å²) in [4.78, 5) is 64.1. The van der Waals surface area contributed by atoms with Crippen LogP contribution in [0.15, 0.2) is 42.5 Å². The molecule has 0 N–H and O–H groups in total. The lowest BCUT2D eigenvalue weighted by atomic mass is 9.81. The minimum atomic E-state index is -0.652. The largest absolute Gasteiger partial charge is 0.274 e. The summed E-state index contributed by atoms with van der Waals surface area (Å²) < 4.78 is 0. The summed E-state index contributed by atoms with van der Waals surface area (Å²) in [7, 11) is 0. The van der Waals surface area contributed by atoms with Crippen LogP contribution in [0, 0.1) is 33.8 Å². The van der Waals surface area contributed by atoms with Gasteiger partial charge in [-0.3, -0.25) is 34.2 Å². The Kier molecular flexibility index (Phi) is 3.72. The van der Waals surface area contributed by atoms with Crippen molar-refractivity contribution in [3.05, 3.63) is 63.7 Å². The first kappa shape index (κ1) is 18.9. The molecule has 2 heterocycles. The maximum atomic E-state index is 13.0. The molecule has 1 saturated heterocycles. The highest BCUT2D eigenvalue weighted by molar-refractivity contribution is 6.34. The number of rotatable bonds is 3. The zero-order valence-corrected chi connectivity index (χ0v) is 16.8. The van der Waals surface area contributed by atoms with Crippen molar-refractivity contribution in [1.29, 1.82) is 0 Å². The maximum Gasteiger partial charge on any atom is 0.270 e. The van der Waals surface area contributed by atoms with Crippen LogP contribution in [0.5, 0.6) is 0 Å². The van der Waals surface area contributed by atoms with E-state index in [1.807, 2.05) is 0 Å². The van der Waals surface area contributed by atoms with Gasteiger partial charge in [-0.1, -0.05) is 0 Å². The van der Waals surface area contributed by atoms with E-state index in [-0.39, 0.29) is 58.0 Å². The molecule has 2 aromatic carbocycles. The molecule has 0 radical (unpaired) electrons. The molecule has 4 atom stereocenters. The Morgan fingerprint density at radius 2 is 1.28 bits per heavy atom. The van der Waals surface area contributed by atoms with E-state index in [1.165, 1.54) is 29.2 Å². The second-order valence-electron chi connectivity index (χ2n) is 8.85. The molecule has 6 rings (SSSR count). The number of imide groups is 2. The van der Waals surface area contributed by atoms with Crippen molar-refractivity contribution >= 4 is 40.7 Å². The van der Waals surface area contributed by atoms with Crippen LogP contribution in [0.25, 0.3) is 0 Å². The number of anilines is 2. The normalized spacial score (nSPS) is 28.0. The van der Waals surface area contributed by atoms with Gasteiger partial charge in [0.2, 0.25) is 11.8 Å². The van der Waals surface area contributed by atoms with Gasteiger partial charge in [-0.2, -0.15) is 0 Å².